The Hall–Kier alpha value is -3.00. The molecule has 2 aliphatic heterocycles. The Morgan fingerprint density at radius 1 is 1.16 bits per heavy atom. The smallest absolute Gasteiger partial charge is 0.231 e. The number of allylic oxidation sites excluding steroid dienone is 1. The fourth-order valence-corrected chi connectivity index (χ4v) is 4.98. The molecule has 8 heteroatoms. The predicted octanol–water partition coefficient (Wildman–Crippen LogP) is 3.39. The molecule has 0 radical (unpaired) electrons. The zero-order valence-electron chi connectivity index (χ0n) is 18.9. The van der Waals surface area contributed by atoms with E-state index in [-0.39, 0.29) is 5.78 Å². The lowest BCUT2D eigenvalue weighted by Crippen LogP contribution is -2.43. The largest absolute Gasteiger partial charge is 0.368 e. The molecule has 1 saturated heterocycles. The molecule has 0 spiro atoms. The normalized spacial score (nSPS) is 19.0. The summed E-state index contributed by atoms with van der Waals surface area (Å²) in [4.78, 5) is 31.3. The summed E-state index contributed by atoms with van der Waals surface area (Å²) in [7, 11) is 0. The summed E-state index contributed by atoms with van der Waals surface area (Å²) in [6.07, 6.45) is 8.92. The molecule has 0 unspecified atom stereocenters. The maximum absolute atomic E-state index is 12.5. The maximum Gasteiger partial charge on any atom is 0.231 e. The van der Waals surface area contributed by atoms with Gasteiger partial charge in [-0.15, -0.1) is 0 Å². The highest BCUT2D eigenvalue weighted by Gasteiger charge is 2.31. The van der Waals surface area contributed by atoms with Crippen LogP contribution in [0.3, 0.4) is 0 Å². The standard InChI is InChI=1S/C24H31N7O/c1-16-9-12-31(18-5-3-4-6-18)23-21(16)22(17(2)32)28-24(29-23)27-20-8-7-19(15-26-20)30-13-10-25-11-14-30/h7-9,15,18,25H,3-6,10-14H2,1-2H3,(H,26,27,28,29). The minimum absolute atomic E-state index is 0.0465. The number of hydrogen-bond donors (Lipinski definition) is 2. The second kappa shape index (κ2) is 8.86. The molecule has 1 saturated carbocycles. The Bertz CT molecular complexity index is 1020. The molecule has 168 valence electrons. The molecule has 5 rings (SSSR count). The van der Waals surface area contributed by atoms with E-state index >= 15 is 0 Å². The van der Waals surface area contributed by atoms with Gasteiger partial charge in [-0.25, -0.2) is 9.97 Å². The maximum atomic E-state index is 12.5. The number of pyridine rings is 1. The summed E-state index contributed by atoms with van der Waals surface area (Å²) < 4.78 is 0. The Balaban J connectivity index is 1.45. The van der Waals surface area contributed by atoms with Crippen LogP contribution in [-0.2, 0) is 0 Å². The lowest BCUT2D eigenvalue weighted by molar-refractivity contribution is 0.101. The van der Waals surface area contributed by atoms with Gasteiger partial charge in [0.25, 0.3) is 0 Å². The highest BCUT2D eigenvalue weighted by atomic mass is 16.1. The third-order valence-electron chi connectivity index (χ3n) is 6.72. The first-order chi connectivity index (χ1) is 15.6. The molecule has 2 N–H and O–H groups in total. The first kappa shape index (κ1) is 20.9. The lowest BCUT2D eigenvalue weighted by Gasteiger charge is -2.34. The van der Waals surface area contributed by atoms with Crippen LogP contribution >= 0.6 is 0 Å². The van der Waals surface area contributed by atoms with Crippen LogP contribution in [0.2, 0.25) is 0 Å². The highest BCUT2D eigenvalue weighted by molar-refractivity contribution is 6.00. The van der Waals surface area contributed by atoms with Crippen molar-refractivity contribution < 1.29 is 4.79 Å². The molecule has 32 heavy (non-hydrogen) atoms. The van der Waals surface area contributed by atoms with Crippen LogP contribution in [0.15, 0.2) is 24.4 Å². The molecule has 0 aromatic carbocycles. The first-order valence-electron chi connectivity index (χ1n) is 11.7. The van der Waals surface area contributed by atoms with Gasteiger partial charge in [0.05, 0.1) is 11.9 Å². The van der Waals surface area contributed by atoms with Crippen molar-refractivity contribution in [3.05, 3.63) is 35.7 Å². The molecule has 2 fully saturated rings. The van der Waals surface area contributed by atoms with Gasteiger partial charge in [-0.1, -0.05) is 18.9 Å². The van der Waals surface area contributed by atoms with E-state index in [1.807, 2.05) is 19.2 Å². The molecule has 3 aliphatic rings. The van der Waals surface area contributed by atoms with Gasteiger partial charge in [0.2, 0.25) is 5.95 Å². The van der Waals surface area contributed by atoms with Gasteiger partial charge in [-0.2, -0.15) is 4.98 Å². The number of fused-ring (bicyclic) bond motifs is 1. The van der Waals surface area contributed by atoms with Crippen LogP contribution < -0.4 is 20.4 Å². The lowest BCUT2D eigenvalue weighted by atomic mass is 9.98. The number of carbonyl (C=O) groups excluding carboxylic acids is 1. The Kier molecular flexibility index (Phi) is 5.78. The third kappa shape index (κ3) is 4.07. The summed E-state index contributed by atoms with van der Waals surface area (Å²) >= 11 is 0. The fraction of sp³-hybridized carbons (Fsp3) is 0.500. The molecular weight excluding hydrogens is 402 g/mol. The minimum atomic E-state index is -0.0465. The number of nitrogens with one attached hydrogen (secondary N) is 2. The zero-order chi connectivity index (χ0) is 22.1. The summed E-state index contributed by atoms with van der Waals surface area (Å²) in [6, 6.07) is 4.49. The van der Waals surface area contributed by atoms with Crippen LogP contribution in [0.1, 0.15) is 55.6 Å². The SMILES string of the molecule is CC(=O)c1nc(Nc2ccc(N3CCNCC3)cn2)nc2c1C(C)=CCN2C1CCCC1. The molecule has 4 heterocycles. The van der Waals surface area contributed by atoms with Crippen molar-refractivity contribution in [2.24, 2.45) is 0 Å². The van der Waals surface area contributed by atoms with Gasteiger partial charge in [0.15, 0.2) is 5.78 Å². The second-order valence-electron chi connectivity index (χ2n) is 8.89. The van der Waals surface area contributed by atoms with Gasteiger partial charge < -0.3 is 20.4 Å². The number of piperazine rings is 1. The van der Waals surface area contributed by atoms with E-state index in [0.717, 1.165) is 55.4 Å². The molecular formula is C24H31N7O. The average molecular weight is 434 g/mol. The first-order valence-corrected chi connectivity index (χ1v) is 11.7. The van der Waals surface area contributed by atoms with Crippen molar-refractivity contribution in [1.82, 2.24) is 20.3 Å². The third-order valence-corrected chi connectivity index (χ3v) is 6.72. The second-order valence-corrected chi connectivity index (χ2v) is 8.89. The Morgan fingerprint density at radius 2 is 1.94 bits per heavy atom. The van der Waals surface area contributed by atoms with Crippen molar-refractivity contribution in [1.29, 1.82) is 0 Å². The van der Waals surface area contributed by atoms with E-state index in [1.165, 1.54) is 25.7 Å². The van der Waals surface area contributed by atoms with E-state index in [9.17, 15) is 4.79 Å². The minimum Gasteiger partial charge on any atom is -0.368 e. The van der Waals surface area contributed by atoms with Crippen LogP contribution in [0, 0.1) is 0 Å². The van der Waals surface area contributed by atoms with Crippen molar-refractivity contribution >= 4 is 34.6 Å². The molecule has 0 atom stereocenters. The molecule has 2 aromatic rings. The molecule has 1 aliphatic carbocycles. The predicted molar refractivity (Wildman–Crippen MR) is 128 cm³/mol. The quantitative estimate of drug-likeness (QED) is 0.694. The number of ketones is 1. The summed E-state index contributed by atoms with van der Waals surface area (Å²) in [6.45, 7) is 8.39. The number of Topliss-reactive ketones (excluding diaryl/α,β-unsaturated/α-hetero) is 1. The van der Waals surface area contributed by atoms with Crippen molar-refractivity contribution in [3.8, 4) is 0 Å². The van der Waals surface area contributed by atoms with Crippen LogP contribution in [-0.4, -0.2) is 59.5 Å². The van der Waals surface area contributed by atoms with E-state index in [4.69, 9.17) is 4.98 Å². The summed E-state index contributed by atoms with van der Waals surface area (Å²) in [5.74, 6) is 1.93. The topological polar surface area (TPSA) is 86.3 Å². The zero-order valence-corrected chi connectivity index (χ0v) is 18.9. The van der Waals surface area contributed by atoms with Crippen molar-refractivity contribution in [2.45, 2.75) is 45.6 Å². The van der Waals surface area contributed by atoms with Crippen molar-refractivity contribution in [3.63, 3.8) is 0 Å². The average Bonchev–Trinajstić information content (AvgIpc) is 3.34. The van der Waals surface area contributed by atoms with E-state index in [2.05, 4.69) is 42.5 Å². The number of carbonyl (C=O) groups is 1. The van der Waals surface area contributed by atoms with Gasteiger partial charge in [0, 0.05) is 51.3 Å². The summed E-state index contributed by atoms with van der Waals surface area (Å²) in [5.41, 5.74) is 3.54. The molecule has 0 amide bonds. The van der Waals surface area contributed by atoms with Gasteiger partial charge >= 0.3 is 0 Å². The summed E-state index contributed by atoms with van der Waals surface area (Å²) in [5, 5.41) is 6.61. The Labute approximate surface area is 189 Å². The van der Waals surface area contributed by atoms with E-state index in [1.54, 1.807) is 6.92 Å². The van der Waals surface area contributed by atoms with E-state index < -0.39 is 0 Å². The fourth-order valence-electron chi connectivity index (χ4n) is 4.98. The van der Waals surface area contributed by atoms with Crippen LogP contribution in [0.4, 0.5) is 23.3 Å². The van der Waals surface area contributed by atoms with Gasteiger partial charge in [-0.3, -0.25) is 4.79 Å². The molecule has 8 nitrogen and oxygen atoms in total. The monoisotopic (exact) mass is 433 g/mol. The molecule has 2 aromatic heterocycles. The van der Waals surface area contributed by atoms with Gasteiger partial charge in [-0.05, 0) is 37.5 Å². The molecule has 0 bridgehead atoms. The number of hydrogen-bond acceptors (Lipinski definition) is 8. The van der Waals surface area contributed by atoms with Crippen LogP contribution in [0.25, 0.3) is 5.57 Å². The van der Waals surface area contributed by atoms with Crippen LogP contribution in [0.5, 0.6) is 0 Å². The van der Waals surface area contributed by atoms with Crippen molar-refractivity contribution in [2.75, 3.05) is 47.8 Å². The number of aromatic nitrogens is 3. The van der Waals surface area contributed by atoms with E-state index in [0.29, 0.717) is 23.5 Å². The van der Waals surface area contributed by atoms with Gasteiger partial charge in [0.1, 0.15) is 17.3 Å². The highest BCUT2D eigenvalue weighted by Crippen LogP contribution is 2.37. The number of rotatable bonds is 5. The number of nitrogens with zero attached hydrogens (tertiary/aromatic N) is 5. The Morgan fingerprint density at radius 3 is 2.62 bits per heavy atom. The number of anilines is 4.